The molecule has 102 valence electrons. The molecule has 1 aromatic heterocycles. The highest BCUT2D eigenvalue weighted by atomic mass is 15.0. The maximum Gasteiger partial charge on any atom is 0.144 e. The van der Waals surface area contributed by atoms with E-state index in [-0.39, 0.29) is 0 Å². The number of nitriles is 1. The summed E-state index contributed by atoms with van der Waals surface area (Å²) in [5.41, 5.74) is 2.66. The Morgan fingerprint density at radius 3 is 2.79 bits per heavy atom. The Labute approximate surface area is 116 Å². The molecular weight excluding hydrogens is 234 g/mol. The van der Waals surface area contributed by atoms with Crippen LogP contribution in [0.15, 0.2) is 6.07 Å². The van der Waals surface area contributed by atoms with E-state index in [0.29, 0.717) is 5.56 Å². The van der Waals surface area contributed by atoms with Gasteiger partial charge in [0, 0.05) is 12.2 Å². The van der Waals surface area contributed by atoms with Gasteiger partial charge in [-0.3, -0.25) is 0 Å². The van der Waals surface area contributed by atoms with E-state index in [1.54, 1.807) is 0 Å². The molecule has 0 aromatic carbocycles. The SMILES string of the molecule is Cc1cc(C)c(C#N)c(NCCCC2CCCC2)n1. The number of aryl methyl sites for hydroxylation is 2. The molecule has 1 heterocycles. The fraction of sp³-hybridized carbons (Fsp3) is 0.625. The predicted molar refractivity (Wildman–Crippen MR) is 78.1 cm³/mol. The average molecular weight is 257 g/mol. The number of hydrogen-bond donors (Lipinski definition) is 1. The average Bonchev–Trinajstić information content (AvgIpc) is 2.87. The predicted octanol–water partition coefficient (Wildman–Crippen LogP) is 3.95. The third-order valence-electron chi connectivity index (χ3n) is 4.01. The molecule has 0 spiro atoms. The van der Waals surface area contributed by atoms with E-state index < -0.39 is 0 Å². The van der Waals surface area contributed by atoms with E-state index in [9.17, 15) is 5.26 Å². The van der Waals surface area contributed by atoms with Crippen LogP contribution in [0.2, 0.25) is 0 Å². The Morgan fingerprint density at radius 2 is 2.11 bits per heavy atom. The summed E-state index contributed by atoms with van der Waals surface area (Å²) in [5.74, 6) is 1.69. The fourth-order valence-electron chi connectivity index (χ4n) is 3.00. The van der Waals surface area contributed by atoms with Crippen LogP contribution < -0.4 is 5.32 Å². The molecule has 1 aliphatic carbocycles. The third-order valence-corrected chi connectivity index (χ3v) is 4.01. The molecule has 3 nitrogen and oxygen atoms in total. The normalized spacial score (nSPS) is 15.4. The maximum atomic E-state index is 9.19. The zero-order valence-corrected chi connectivity index (χ0v) is 12.0. The summed E-state index contributed by atoms with van der Waals surface area (Å²) in [5, 5.41) is 12.5. The first-order valence-corrected chi connectivity index (χ1v) is 7.33. The summed E-state index contributed by atoms with van der Waals surface area (Å²) < 4.78 is 0. The van der Waals surface area contributed by atoms with Crippen LogP contribution in [-0.4, -0.2) is 11.5 Å². The van der Waals surface area contributed by atoms with Gasteiger partial charge >= 0.3 is 0 Å². The Balaban J connectivity index is 1.86. The van der Waals surface area contributed by atoms with Gasteiger partial charge in [0.05, 0.1) is 5.56 Å². The zero-order valence-electron chi connectivity index (χ0n) is 12.0. The van der Waals surface area contributed by atoms with Crippen molar-refractivity contribution >= 4 is 5.82 Å². The minimum atomic E-state index is 0.687. The highest BCUT2D eigenvalue weighted by Crippen LogP contribution is 2.28. The summed E-state index contributed by atoms with van der Waals surface area (Å²) in [4.78, 5) is 4.44. The standard InChI is InChI=1S/C16H23N3/c1-12-10-13(2)19-16(15(12)11-17)18-9-5-8-14-6-3-4-7-14/h10,14H,3-9H2,1-2H3,(H,18,19). The molecule has 3 heteroatoms. The van der Waals surface area contributed by atoms with Crippen LogP contribution in [-0.2, 0) is 0 Å². The maximum absolute atomic E-state index is 9.19. The zero-order chi connectivity index (χ0) is 13.7. The monoisotopic (exact) mass is 257 g/mol. The van der Waals surface area contributed by atoms with Crippen molar-refractivity contribution in [3.05, 3.63) is 22.9 Å². The number of anilines is 1. The van der Waals surface area contributed by atoms with E-state index >= 15 is 0 Å². The highest BCUT2D eigenvalue weighted by molar-refractivity contribution is 5.56. The molecule has 19 heavy (non-hydrogen) atoms. The van der Waals surface area contributed by atoms with Gasteiger partial charge in [-0.15, -0.1) is 0 Å². The van der Waals surface area contributed by atoms with E-state index in [1.165, 1.54) is 38.5 Å². The van der Waals surface area contributed by atoms with E-state index in [2.05, 4.69) is 16.4 Å². The second-order valence-corrected chi connectivity index (χ2v) is 5.64. The minimum absolute atomic E-state index is 0.687. The molecule has 1 fully saturated rings. The van der Waals surface area contributed by atoms with Gasteiger partial charge < -0.3 is 5.32 Å². The smallest absolute Gasteiger partial charge is 0.144 e. The summed E-state index contributed by atoms with van der Waals surface area (Å²) in [7, 11) is 0. The van der Waals surface area contributed by atoms with Crippen LogP contribution >= 0.6 is 0 Å². The van der Waals surface area contributed by atoms with Crippen LogP contribution in [0.5, 0.6) is 0 Å². The van der Waals surface area contributed by atoms with Crippen molar-refractivity contribution in [2.75, 3.05) is 11.9 Å². The summed E-state index contributed by atoms with van der Waals surface area (Å²) in [6.45, 7) is 4.86. The molecule has 0 unspecified atom stereocenters. The molecule has 0 amide bonds. The molecule has 1 saturated carbocycles. The lowest BCUT2D eigenvalue weighted by molar-refractivity contribution is 0.491. The summed E-state index contributed by atoms with van der Waals surface area (Å²) in [6.07, 6.45) is 8.12. The molecule has 1 aliphatic rings. The van der Waals surface area contributed by atoms with Crippen molar-refractivity contribution in [2.24, 2.45) is 5.92 Å². The highest BCUT2D eigenvalue weighted by Gasteiger charge is 2.14. The number of nitrogens with zero attached hydrogens (tertiary/aromatic N) is 2. The number of nitrogens with one attached hydrogen (secondary N) is 1. The van der Waals surface area contributed by atoms with Crippen molar-refractivity contribution in [1.82, 2.24) is 4.98 Å². The minimum Gasteiger partial charge on any atom is -0.369 e. The largest absolute Gasteiger partial charge is 0.369 e. The number of rotatable bonds is 5. The first-order chi connectivity index (χ1) is 9.20. The molecule has 2 rings (SSSR count). The van der Waals surface area contributed by atoms with Crippen molar-refractivity contribution in [3.63, 3.8) is 0 Å². The molecule has 0 radical (unpaired) electrons. The first-order valence-electron chi connectivity index (χ1n) is 7.33. The topological polar surface area (TPSA) is 48.7 Å². The van der Waals surface area contributed by atoms with Gasteiger partial charge in [-0.2, -0.15) is 5.26 Å². The van der Waals surface area contributed by atoms with Gasteiger partial charge in [-0.05, 0) is 44.2 Å². The number of aromatic nitrogens is 1. The molecule has 0 aliphatic heterocycles. The lowest BCUT2D eigenvalue weighted by Gasteiger charge is -2.12. The van der Waals surface area contributed by atoms with Gasteiger partial charge in [0.25, 0.3) is 0 Å². The first kappa shape index (κ1) is 13.9. The number of pyridine rings is 1. The Kier molecular flexibility index (Phi) is 4.79. The molecule has 0 atom stereocenters. The Morgan fingerprint density at radius 1 is 1.37 bits per heavy atom. The third kappa shape index (κ3) is 3.70. The van der Waals surface area contributed by atoms with Gasteiger partial charge in [-0.1, -0.05) is 25.7 Å². The molecule has 1 N–H and O–H groups in total. The lowest BCUT2D eigenvalue weighted by Crippen LogP contribution is -2.08. The quantitative estimate of drug-likeness (QED) is 0.812. The van der Waals surface area contributed by atoms with E-state index in [1.807, 2.05) is 19.9 Å². The van der Waals surface area contributed by atoms with Gasteiger partial charge in [-0.25, -0.2) is 4.98 Å². The molecular formula is C16H23N3. The summed E-state index contributed by atoms with van der Waals surface area (Å²) in [6, 6.07) is 4.21. The van der Waals surface area contributed by atoms with Gasteiger partial charge in [0.2, 0.25) is 0 Å². The second kappa shape index (κ2) is 6.56. The lowest BCUT2D eigenvalue weighted by atomic mass is 10.0. The van der Waals surface area contributed by atoms with Crippen molar-refractivity contribution in [2.45, 2.75) is 52.4 Å². The molecule has 1 aromatic rings. The molecule has 0 saturated heterocycles. The van der Waals surface area contributed by atoms with E-state index in [0.717, 1.165) is 29.5 Å². The van der Waals surface area contributed by atoms with Crippen molar-refractivity contribution in [3.8, 4) is 6.07 Å². The second-order valence-electron chi connectivity index (χ2n) is 5.64. The van der Waals surface area contributed by atoms with Crippen LogP contribution in [0.25, 0.3) is 0 Å². The number of hydrogen-bond acceptors (Lipinski definition) is 3. The van der Waals surface area contributed by atoms with Gasteiger partial charge in [0.15, 0.2) is 0 Å². The van der Waals surface area contributed by atoms with Crippen LogP contribution in [0.4, 0.5) is 5.82 Å². The van der Waals surface area contributed by atoms with Gasteiger partial charge in [0.1, 0.15) is 11.9 Å². The van der Waals surface area contributed by atoms with Crippen molar-refractivity contribution in [1.29, 1.82) is 5.26 Å². The fourth-order valence-corrected chi connectivity index (χ4v) is 3.00. The van der Waals surface area contributed by atoms with Crippen molar-refractivity contribution < 1.29 is 0 Å². The Hall–Kier alpha value is -1.56. The molecule has 0 bridgehead atoms. The van der Waals surface area contributed by atoms with Crippen LogP contribution in [0, 0.1) is 31.1 Å². The van der Waals surface area contributed by atoms with Crippen LogP contribution in [0.3, 0.4) is 0 Å². The van der Waals surface area contributed by atoms with E-state index in [4.69, 9.17) is 0 Å². The van der Waals surface area contributed by atoms with Crippen LogP contribution in [0.1, 0.15) is 55.3 Å². The summed E-state index contributed by atoms with van der Waals surface area (Å²) >= 11 is 0. The Bertz CT molecular complexity index is 468.